The minimum atomic E-state index is -3.27. The first-order chi connectivity index (χ1) is 6.99. The van der Waals surface area contributed by atoms with Crippen molar-refractivity contribution >= 4 is 33.0 Å². The van der Waals surface area contributed by atoms with E-state index in [1.165, 1.54) is 6.07 Å². The van der Waals surface area contributed by atoms with Crippen LogP contribution >= 0.6 is 11.6 Å². The summed E-state index contributed by atoms with van der Waals surface area (Å²) in [5, 5.41) is 0.0865. The molecule has 1 aromatic rings. The minimum absolute atomic E-state index is 0.269. The fraction of sp³-hybridized carbons (Fsp3) is 0.333. The quantitative estimate of drug-likeness (QED) is 0.800. The van der Waals surface area contributed by atoms with E-state index in [2.05, 4.69) is 4.72 Å². The van der Waals surface area contributed by atoms with Crippen LogP contribution in [0.1, 0.15) is 12.8 Å². The topological polar surface area (TPSA) is 72.2 Å². The van der Waals surface area contributed by atoms with Gasteiger partial charge in [0, 0.05) is 5.69 Å². The van der Waals surface area contributed by atoms with Crippen molar-refractivity contribution in [2.24, 2.45) is 0 Å². The first-order valence-electron chi connectivity index (χ1n) is 4.56. The van der Waals surface area contributed by atoms with E-state index >= 15 is 0 Å². The molecule has 1 fully saturated rings. The fourth-order valence-corrected chi connectivity index (χ4v) is 2.86. The summed E-state index contributed by atoms with van der Waals surface area (Å²) in [5.41, 5.74) is 6.37. The highest BCUT2D eigenvalue weighted by atomic mass is 35.5. The van der Waals surface area contributed by atoms with Crippen LogP contribution in [0.4, 0.5) is 11.4 Å². The zero-order valence-corrected chi connectivity index (χ0v) is 9.48. The van der Waals surface area contributed by atoms with Gasteiger partial charge < -0.3 is 5.73 Å². The smallest absolute Gasteiger partial charge is 0.235 e. The Bertz CT molecular complexity index is 483. The van der Waals surface area contributed by atoms with E-state index in [-0.39, 0.29) is 5.25 Å². The minimum Gasteiger partial charge on any atom is -0.399 e. The van der Waals surface area contributed by atoms with E-state index in [9.17, 15) is 8.42 Å². The molecule has 0 radical (unpaired) electrons. The Labute approximate surface area is 93.5 Å². The van der Waals surface area contributed by atoms with E-state index in [1.807, 2.05) is 0 Å². The molecule has 0 spiro atoms. The SMILES string of the molecule is Nc1ccc(Cl)c(NS(=O)(=O)C2CC2)c1. The highest BCUT2D eigenvalue weighted by molar-refractivity contribution is 7.93. The van der Waals surface area contributed by atoms with Gasteiger partial charge in [0.05, 0.1) is 16.0 Å². The summed E-state index contributed by atoms with van der Waals surface area (Å²) < 4.78 is 25.7. The summed E-state index contributed by atoms with van der Waals surface area (Å²) in [6, 6.07) is 4.71. The van der Waals surface area contributed by atoms with Gasteiger partial charge in [0.1, 0.15) is 0 Å². The maximum absolute atomic E-state index is 11.6. The number of hydrogen-bond donors (Lipinski definition) is 2. The average Bonchev–Trinajstić information content (AvgIpc) is 2.93. The molecule has 1 aliphatic rings. The summed E-state index contributed by atoms with van der Waals surface area (Å²) in [6.45, 7) is 0. The van der Waals surface area contributed by atoms with Gasteiger partial charge in [-0.1, -0.05) is 11.6 Å². The monoisotopic (exact) mass is 246 g/mol. The van der Waals surface area contributed by atoms with Gasteiger partial charge in [-0.3, -0.25) is 4.72 Å². The summed E-state index contributed by atoms with van der Waals surface area (Å²) in [4.78, 5) is 0. The molecule has 1 aliphatic carbocycles. The Morgan fingerprint density at radius 3 is 2.67 bits per heavy atom. The molecule has 3 N–H and O–H groups in total. The third-order valence-electron chi connectivity index (χ3n) is 2.21. The number of hydrogen-bond acceptors (Lipinski definition) is 3. The zero-order chi connectivity index (χ0) is 11.1. The Kier molecular flexibility index (Phi) is 2.52. The van der Waals surface area contributed by atoms with Gasteiger partial charge in [-0.15, -0.1) is 0 Å². The number of rotatable bonds is 3. The third kappa shape index (κ3) is 2.35. The van der Waals surface area contributed by atoms with Crippen molar-refractivity contribution < 1.29 is 8.42 Å². The lowest BCUT2D eigenvalue weighted by atomic mass is 10.3. The van der Waals surface area contributed by atoms with Crippen LogP contribution in [0.15, 0.2) is 18.2 Å². The second-order valence-corrected chi connectivity index (χ2v) is 5.95. The van der Waals surface area contributed by atoms with Crippen LogP contribution in [-0.4, -0.2) is 13.7 Å². The second-order valence-electron chi connectivity index (χ2n) is 3.59. The predicted octanol–water partition coefficient (Wildman–Crippen LogP) is 1.83. The maximum atomic E-state index is 11.6. The molecule has 82 valence electrons. The summed E-state index contributed by atoms with van der Waals surface area (Å²) in [6.07, 6.45) is 1.44. The first kappa shape index (κ1) is 10.6. The number of nitrogens with one attached hydrogen (secondary N) is 1. The van der Waals surface area contributed by atoms with E-state index in [1.54, 1.807) is 12.1 Å². The number of sulfonamides is 1. The van der Waals surface area contributed by atoms with Crippen molar-refractivity contribution in [2.75, 3.05) is 10.5 Å². The molecular formula is C9H11ClN2O2S. The summed E-state index contributed by atoms with van der Waals surface area (Å²) in [5.74, 6) is 0. The molecule has 4 nitrogen and oxygen atoms in total. The molecule has 0 aromatic heterocycles. The Morgan fingerprint density at radius 2 is 2.07 bits per heavy atom. The zero-order valence-electron chi connectivity index (χ0n) is 7.90. The van der Waals surface area contributed by atoms with Crippen LogP contribution in [0.3, 0.4) is 0 Å². The van der Waals surface area contributed by atoms with E-state index in [0.717, 1.165) is 12.8 Å². The third-order valence-corrected chi connectivity index (χ3v) is 4.39. The van der Waals surface area contributed by atoms with Crippen LogP contribution in [0.25, 0.3) is 0 Å². The molecule has 6 heteroatoms. The van der Waals surface area contributed by atoms with Crippen LogP contribution in [0, 0.1) is 0 Å². The van der Waals surface area contributed by atoms with Crippen LogP contribution in [0.5, 0.6) is 0 Å². The molecule has 1 aromatic carbocycles. The molecule has 15 heavy (non-hydrogen) atoms. The average molecular weight is 247 g/mol. The van der Waals surface area contributed by atoms with Gasteiger partial charge >= 0.3 is 0 Å². The first-order valence-corrected chi connectivity index (χ1v) is 6.48. The van der Waals surface area contributed by atoms with Crippen molar-refractivity contribution in [3.63, 3.8) is 0 Å². The molecule has 0 saturated heterocycles. The number of anilines is 2. The lowest BCUT2D eigenvalue weighted by molar-refractivity contribution is 0.600. The fourth-order valence-electron chi connectivity index (χ4n) is 1.24. The largest absolute Gasteiger partial charge is 0.399 e. The van der Waals surface area contributed by atoms with E-state index in [0.29, 0.717) is 16.4 Å². The van der Waals surface area contributed by atoms with E-state index in [4.69, 9.17) is 17.3 Å². The molecule has 0 bridgehead atoms. The summed E-state index contributed by atoms with van der Waals surface area (Å²) >= 11 is 5.84. The van der Waals surface area contributed by atoms with Crippen LogP contribution < -0.4 is 10.5 Å². The number of halogens is 1. The van der Waals surface area contributed by atoms with Crippen LogP contribution in [0.2, 0.25) is 5.02 Å². The molecular weight excluding hydrogens is 236 g/mol. The van der Waals surface area contributed by atoms with Crippen molar-refractivity contribution in [3.8, 4) is 0 Å². The molecule has 0 heterocycles. The van der Waals surface area contributed by atoms with Gasteiger partial charge in [0.25, 0.3) is 0 Å². The normalized spacial score (nSPS) is 16.3. The lowest BCUT2D eigenvalue weighted by Crippen LogP contribution is -2.17. The van der Waals surface area contributed by atoms with Gasteiger partial charge in [0.2, 0.25) is 10.0 Å². The Morgan fingerprint density at radius 1 is 1.40 bits per heavy atom. The van der Waals surface area contributed by atoms with Crippen LogP contribution in [-0.2, 0) is 10.0 Å². The van der Waals surface area contributed by atoms with Gasteiger partial charge in [-0.2, -0.15) is 0 Å². The highest BCUT2D eigenvalue weighted by Crippen LogP contribution is 2.32. The van der Waals surface area contributed by atoms with Gasteiger partial charge in [-0.25, -0.2) is 8.42 Å². The Balaban J connectivity index is 2.27. The number of nitrogen functional groups attached to an aromatic ring is 1. The van der Waals surface area contributed by atoms with Gasteiger partial charge in [0.15, 0.2) is 0 Å². The lowest BCUT2D eigenvalue weighted by Gasteiger charge is -2.09. The van der Waals surface area contributed by atoms with E-state index < -0.39 is 10.0 Å². The van der Waals surface area contributed by atoms with Crippen molar-refractivity contribution in [1.29, 1.82) is 0 Å². The predicted molar refractivity (Wildman–Crippen MR) is 61.4 cm³/mol. The Hall–Kier alpha value is -0.940. The standard InChI is InChI=1S/C9H11ClN2O2S/c10-8-4-1-6(11)5-9(8)12-15(13,14)7-2-3-7/h1,4-5,7,12H,2-3,11H2. The molecule has 0 amide bonds. The molecule has 0 atom stereocenters. The highest BCUT2D eigenvalue weighted by Gasteiger charge is 2.35. The molecule has 2 rings (SSSR count). The number of nitrogens with two attached hydrogens (primary N) is 1. The molecule has 1 saturated carbocycles. The van der Waals surface area contributed by atoms with Crippen molar-refractivity contribution in [2.45, 2.75) is 18.1 Å². The van der Waals surface area contributed by atoms with Gasteiger partial charge in [-0.05, 0) is 31.0 Å². The maximum Gasteiger partial charge on any atom is 0.235 e. The van der Waals surface area contributed by atoms with Crippen molar-refractivity contribution in [3.05, 3.63) is 23.2 Å². The second kappa shape index (κ2) is 3.57. The molecule has 0 aliphatic heterocycles. The summed E-state index contributed by atoms with van der Waals surface area (Å²) in [7, 11) is -3.27. The number of benzene rings is 1. The van der Waals surface area contributed by atoms with Crippen molar-refractivity contribution in [1.82, 2.24) is 0 Å². The molecule has 0 unspecified atom stereocenters.